The standard InChI is InChI=1S/C33H30Cl2N4O5S/c1-33(2)43-19-24(44-33)18-42-23-15-25(34)28(26(35)16-23)31-38-29(30(39(31)40)27-12-13-36-32(37-27)45-3)21-10-7-11-22(14-21)41-17-20-8-5-4-6-9-20/h4-16,24,40H,17-19H2,1-3H3. The van der Waals surface area contributed by atoms with Crippen molar-refractivity contribution in [2.24, 2.45) is 0 Å². The van der Waals surface area contributed by atoms with E-state index in [1.165, 1.54) is 11.8 Å². The highest BCUT2D eigenvalue weighted by Crippen LogP contribution is 2.42. The minimum Gasteiger partial charge on any atom is -0.491 e. The zero-order valence-corrected chi connectivity index (χ0v) is 27.1. The van der Waals surface area contributed by atoms with Gasteiger partial charge < -0.3 is 24.2 Å². The first-order valence-corrected chi connectivity index (χ1v) is 16.1. The van der Waals surface area contributed by atoms with Gasteiger partial charge in [-0.3, -0.25) is 0 Å². The van der Waals surface area contributed by atoms with Crippen LogP contribution < -0.4 is 9.47 Å². The largest absolute Gasteiger partial charge is 0.491 e. The molecule has 5 aromatic rings. The summed E-state index contributed by atoms with van der Waals surface area (Å²) in [4.78, 5) is 13.8. The van der Waals surface area contributed by atoms with E-state index in [1.54, 1.807) is 24.4 Å². The zero-order valence-electron chi connectivity index (χ0n) is 24.7. The molecule has 12 heteroatoms. The SMILES string of the molecule is CSc1nccc(-c2c(-c3cccc(OCc4ccccc4)c3)nc(-c3c(Cl)cc(OCC4COC(C)(C)O4)cc3Cl)n2O)n1. The second-order valence-electron chi connectivity index (χ2n) is 10.7. The van der Waals surface area contributed by atoms with Crippen molar-refractivity contribution in [3.63, 3.8) is 0 Å². The van der Waals surface area contributed by atoms with Crippen LogP contribution in [0.15, 0.2) is 84.1 Å². The van der Waals surface area contributed by atoms with Crippen molar-refractivity contribution in [3.8, 4) is 45.5 Å². The number of rotatable bonds is 10. The van der Waals surface area contributed by atoms with E-state index in [0.29, 0.717) is 58.1 Å². The van der Waals surface area contributed by atoms with Gasteiger partial charge in [0.05, 0.1) is 27.9 Å². The fourth-order valence-electron chi connectivity index (χ4n) is 4.93. The third kappa shape index (κ3) is 7.05. The van der Waals surface area contributed by atoms with Crippen molar-refractivity contribution in [2.45, 2.75) is 37.5 Å². The minimum absolute atomic E-state index is 0.135. The monoisotopic (exact) mass is 664 g/mol. The first-order valence-electron chi connectivity index (χ1n) is 14.1. The maximum Gasteiger partial charge on any atom is 0.187 e. The molecule has 0 bridgehead atoms. The topological polar surface area (TPSA) is 101 Å². The first-order chi connectivity index (χ1) is 21.7. The molecule has 45 heavy (non-hydrogen) atoms. The van der Waals surface area contributed by atoms with Crippen LogP contribution in [0.1, 0.15) is 19.4 Å². The van der Waals surface area contributed by atoms with Crippen LogP contribution in [0.25, 0.3) is 34.0 Å². The molecule has 1 fully saturated rings. The van der Waals surface area contributed by atoms with E-state index in [2.05, 4.69) is 9.97 Å². The predicted molar refractivity (Wildman–Crippen MR) is 174 cm³/mol. The summed E-state index contributed by atoms with van der Waals surface area (Å²) in [5.41, 5.74) is 3.34. The van der Waals surface area contributed by atoms with E-state index in [9.17, 15) is 5.21 Å². The average molecular weight is 666 g/mol. The molecular formula is C33H30Cl2N4O5S. The Labute approximate surface area is 275 Å². The van der Waals surface area contributed by atoms with Crippen molar-refractivity contribution < 1.29 is 24.2 Å². The first kappa shape index (κ1) is 31.2. The summed E-state index contributed by atoms with van der Waals surface area (Å²) in [6.07, 6.45) is 3.28. The Kier molecular flexibility index (Phi) is 9.21. The molecule has 1 N–H and O–H groups in total. The van der Waals surface area contributed by atoms with Crippen molar-refractivity contribution in [1.82, 2.24) is 19.7 Å². The van der Waals surface area contributed by atoms with Crippen LogP contribution in [0.3, 0.4) is 0 Å². The van der Waals surface area contributed by atoms with E-state index in [-0.39, 0.29) is 28.6 Å². The van der Waals surface area contributed by atoms with Gasteiger partial charge in [0.1, 0.15) is 42.2 Å². The number of benzene rings is 3. The summed E-state index contributed by atoms with van der Waals surface area (Å²) >= 11 is 14.9. The van der Waals surface area contributed by atoms with E-state index in [4.69, 9.17) is 47.1 Å². The Morgan fingerprint density at radius 2 is 1.76 bits per heavy atom. The van der Waals surface area contributed by atoms with Gasteiger partial charge in [-0.1, -0.05) is 77.4 Å². The molecule has 9 nitrogen and oxygen atoms in total. The van der Waals surface area contributed by atoms with Gasteiger partial charge in [-0.15, -0.1) is 0 Å². The number of nitrogens with zero attached hydrogens (tertiary/aromatic N) is 4. The van der Waals surface area contributed by atoms with E-state index in [0.717, 1.165) is 10.3 Å². The third-order valence-corrected chi connectivity index (χ3v) is 8.17. The van der Waals surface area contributed by atoms with Gasteiger partial charge in [0, 0.05) is 11.8 Å². The number of ether oxygens (including phenoxy) is 4. The van der Waals surface area contributed by atoms with Crippen LogP contribution in [-0.4, -0.2) is 56.3 Å². The molecule has 1 saturated heterocycles. The van der Waals surface area contributed by atoms with Gasteiger partial charge in [-0.05, 0) is 56.0 Å². The van der Waals surface area contributed by atoms with Gasteiger partial charge in [0.15, 0.2) is 16.8 Å². The Hall–Kier alpha value is -3.80. The second kappa shape index (κ2) is 13.3. The molecule has 2 aromatic heterocycles. The molecule has 1 unspecified atom stereocenters. The highest BCUT2D eigenvalue weighted by Gasteiger charge is 2.33. The van der Waals surface area contributed by atoms with Gasteiger partial charge in [0.25, 0.3) is 0 Å². The average Bonchev–Trinajstić information content (AvgIpc) is 3.57. The Balaban J connectivity index is 1.36. The fourth-order valence-corrected chi connectivity index (χ4v) is 5.92. The lowest BCUT2D eigenvalue weighted by molar-refractivity contribution is -0.141. The van der Waals surface area contributed by atoms with Crippen LogP contribution in [0.5, 0.6) is 11.5 Å². The smallest absolute Gasteiger partial charge is 0.187 e. The summed E-state index contributed by atoms with van der Waals surface area (Å²) < 4.78 is 24.4. The highest BCUT2D eigenvalue weighted by atomic mass is 35.5. The molecule has 1 atom stereocenters. The number of hydrogen-bond acceptors (Lipinski definition) is 9. The molecule has 0 radical (unpaired) electrons. The summed E-state index contributed by atoms with van der Waals surface area (Å²) in [6, 6.07) is 22.4. The minimum atomic E-state index is -0.658. The molecule has 3 aromatic carbocycles. The lowest BCUT2D eigenvalue weighted by atomic mass is 10.1. The molecule has 1 aliphatic heterocycles. The van der Waals surface area contributed by atoms with E-state index >= 15 is 0 Å². The number of imidazole rings is 1. The van der Waals surface area contributed by atoms with Crippen LogP contribution in [0.4, 0.5) is 0 Å². The number of hydrogen-bond donors (Lipinski definition) is 1. The lowest BCUT2D eigenvalue weighted by Gasteiger charge is -2.17. The predicted octanol–water partition coefficient (Wildman–Crippen LogP) is 8.05. The van der Waals surface area contributed by atoms with Crippen molar-refractivity contribution in [3.05, 3.63) is 94.6 Å². The van der Waals surface area contributed by atoms with Gasteiger partial charge in [0.2, 0.25) is 0 Å². The Bertz CT molecular complexity index is 1800. The number of aromatic nitrogens is 4. The maximum absolute atomic E-state index is 11.7. The molecule has 0 saturated carbocycles. The van der Waals surface area contributed by atoms with Crippen molar-refractivity contribution in [2.75, 3.05) is 19.5 Å². The van der Waals surface area contributed by atoms with Gasteiger partial charge >= 0.3 is 0 Å². The quantitative estimate of drug-likeness (QED) is 0.0902. The molecular weight excluding hydrogens is 635 g/mol. The van der Waals surface area contributed by atoms with Crippen LogP contribution >= 0.6 is 35.0 Å². The molecule has 0 aliphatic carbocycles. The zero-order chi connectivity index (χ0) is 31.6. The lowest BCUT2D eigenvalue weighted by Crippen LogP contribution is -2.25. The maximum atomic E-state index is 11.7. The normalized spacial score (nSPS) is 15.7. The molecule has 3 heterocycles. The molecule has 0 spiro atoms. The second-order valence-corrected chi connectivity index (χ2v) is 12.3. The van der Waals surface area contributed by atoms with Gasteiger partial charge in [-0.25, -0.2) is 15.0 Å². The summed E-state index contributed by atoms with van der Waals surface area (Å²) in [5.74, 6) is 0.564. The highest BCUT2D eigenvalue weighted by molar-refractivity contribution is 7.98. The van der Waals surface area contributed by atoms with E-state index in [1.807, 2.05) is 74.7 Å². The fraction of sp³-hybridized carbons (Fsp3) is 0.242. The number of thioether (sulfide) groups is 1. The van der Waals surface area contributed by atoms with Crippen molar-refractivity contribution in [1.29, 1.82) is 0 Å². The summed E-state index contributed by atoms with van der Waals surface area (Å²) in [5, 5.41) is 12.7. The molecule has 1 aliphatic rings. The van der Waals surface area contributed by atoms with Crippen LogP contribution in [0.2, 0.25) is 10.0 Å². The van der Waals surface area contributed by atoms with Gasteiger partial charge in [-0.2, -0.15) is 4.73 Å². The number of halogens is 2. The van der Waals surface area contributed by atoms with Crippen LogP contribution in [-0.2, 0) is 16.1 Å². The van der Waals surface area contributed by atoms with E-state index < -0.39 is 5.79 Å². The molecule has 0 amide bonds. The third-order valence-electron chi connectivity index (χ3n) is 7.01. The Morgan fingerprint density at radius 1 is 0.978 bits per heavy atom. The summed E-state index contributed by atoms with van der Waals surface area (Å²) in [7, 11) is 0. The van der Waals surface area contributed by atoms with Crippen LogP contribution in [0, 0.1) is 0 Å². The molecule has 232 valence electrons. The summed E-state index contributed by atoms with van der Waals surface area (Å²) in [6.45, 7) is 4.78. The molecule has 6 rings (SSSR count). The Morgan fingerprint density at radius 3 is 2.47 bits per heavy atom. The van der Waals surface area contributed by atoms with Crippen molar-refractivity contribution >= 4 is 35.0 Å².